The molecule has 3 aromatic rings. The zero-order valence-corrected chi connectivity index (χ0v) is 18.7. The van der Waals surface area contributed by atoms with Gasteiger partial charge in [-0.2, -0.15) is 9.50 Å². The molecule has 0 aliphatic carbocycles. The fraction of sp³-hybridized carbons (Fsp3) is 0.167. The van der Waals surface area contributed by atoms with Crippen LogP contribution in [0.2, 0.25) is 0 Å². The maximum atomic E-state index is 8.50. The number of pyridine rings is 1. The van der Waals surface area contributed by atoms with Crippen LogP contribution >= 0.6 is 17.0 Å². The quantitative estimate of drug-likeness (QED) is 0.174. The van der Waals surface area contributed by atoms with Crippen LogP contribution < -0.4 is 37.3 Å². The van der Waals surface area contributed by atoms with Gasteiger partial charge in [-0.05, 0) is 42.8 Å². The van der Waals surface area contributed by atoms with E-state index in [1.807, 2.05) is 37.4 Å². The molecule has 3 rings (SSSR count). The average molecular weight is 514 g/mol. The van der Waals surface area contributed by atoms with Crippen LogP contribution in [0.15, 0.2) is 58.9 Å². The molecule has 2 heterocycles. The average Bonchev–Trinajstić information content (AvgIpc) is 2.98. The summed E-state index contributed by atoms with van der Waals surface area (Å²) < 4.78 is 10.1. The Morgan fingerprint density at radius 3 is 2.64 bits per heavy atom. The van der Waals surface area contributed by atoms with E-state index >= 15 is 0 Å². The SMILES string of the molecule is Br.Cc1cccc2n(C)c(COc3ccc(/C=N/N=C(N)NO)cc3)c[n+]12.[Br-]. The second-order valence-corrected chi connectivity index (χ2v) is 5.77. The molecule has 0 atom stereocenters. The first-order chi connectivity index (χ1) is 12.6. The molecule has 0 fully saturated rings. The molecule has 8 nitrogen and oxygen atoms in total. The van der Waals surface area contributed by atoms with Gasteiger partial charge in [0.2, 0.25) is 5.96 Å². The van der Waals surface area contributed by atoms with Gasteiger partial charge in [0.05, 0.1) is 13.3 Å². The van der Waals surface area contributed by atoms with Gasteiger partial charge in [0.1, 0.15) is 17.6 Å². The molecule has 0 aliphatic heterocycles. The van der Waals surface area contributed by atoms with Gasteiger partial charge in [-0.25, -0.2) is 10.0 Å². The highest BCUT2D eigenvalue weighted by atomic mass is 79.9. The van der Waals surface area contributed by atoms with Crippen LogP contribution in [0.5, 0.6) is 5.75 Å². The number of guanidine groups is 1. The van der Waals surface area contributed by atoms with Crippen molar-refractivity contribution in [3.8, 4) is 5.75 Å². The van der Waals surface area contributed by atoms with E-state index in [0.29, 0.717) is 6.61 Å². The predicted octanol–water partition coefficient (Wildman–Crippen LogP) is -1.14. The number of hydrogen-bond acceptors (Lipinski definition) is 4. The number of halogens is 2. The molecule has 10 heteroatoms. The van der Waals surface area contributed by atoms with Crippen LogP contribution in [0.1, 0.15) is 17.0 Å². The van der Waals surface area contributed by atoms with Crippen molar-refractivity contribution in [2.75, 3.05) is 0 Å². The number of nitrogens with two attached hydrogens (primary N) is 1. The summed E-state index contributed by atoms with van der Waals surface area (Å²) in [7, 11) is 2.03. The highest BCUT2D eigenvalue weighted by molar-refractivity contribution is 8.93. The summed E-state index contributed by atoms with van der Waals surface area (Å²) in [5, 5.41) is 15.8. The Labute approximate surface area is 183 Å². The molecule has 0 saturated carbocycles. The van der Waals surface area contributed by atoms with E-state index in [-0.39, 0.29) is 39.9 Å². The lowest BCUT2D eigenvalue weighted by molar-refractivity contribution is -0.518. The monoisotopic (exact) mass is 512 g/mol. The molecule has 0 bridgehead atoms. The summed E-state index contributed by atoms with van der Waals surface area (Å²) in [6, 6.07) is 13.6. The zero-order valence-electron chi connectivity index (χ0n) is 15.4. The predicted molar refractivity (Wildman–Crippen MR) is 109 cm³/mol. The summed E-state index contributed by atoms with van der Waals surface area (Å²) in [5.74, 6) is 0.582. The molecule has 0 unspecified atom stereocenters. The van der Waals surface area contributed by atoms with Gasteiger partial charge in [-0.15, -0.1) is 22.1 Å². The Kier molecular flexibility index (Phi) is 9.10. The first kappa shape index (κ1) is 23.6. The van der Waals surface area contributed by atoms with Crippen molar-refractivity contribution in [2.45, 2.75) is 13.5 Å². The third-order valence-corrected chi connectivity index (χ3v) is 4.02. The number of hydrogen-bond donors (Lipinski definition) is 3. The number of aromatic nitrogens is 2. The van der Waals surface area contributed by atoms with Crippen LogP contribution in [0.3, 0.4) is 0 Å². The lowest BCUT2D eigenvalue weighted by Gasteiger charge is -2.04. The Bertz CT molecular complexity index is 970. The highest BCUT2D eigenvalue weighted by Gasteiger charge is 2.15. The van der Waals surface area contributed by atoms with Crippen molar-refractivity contribution in [1.82, 2.24) is 10.0 Å². The summed E-state index contributed by atoms with van der Waals surface area (Å²) >= 11 is 0. The summed E-state index contributed by atoms with van der Waals surface area (Å²) in [6.07, 6.45) is 3.61. The second-order valence-electron chi connectivity index (χ2n) is 5.77. The van der Waals surface area contributed by atoms with Crippen molar-refractivity contribution >= 4 is 34.8 Å². The molecule has 4 N–H and O–H groups in total. The standard InChI is InChI=1S/C18H21N6O2.2BrH/c1-13-4-3-5-17-23(2)15(11-24(13)17)12-26-16-8-6-14(7-9-16)10-20-21-18(19)22-25;;/h3-11,25H,12H2,1-2H3,(H3,19,21,22);2*1H/q+1;;/p-1/b20-10+;;. The number of fused-ring (bicyclic) bond motifs is 1. The van der Waals surface area contributed by atoms with Crippen molar-refractivity contribution in [3.05, 3.63) is 65.6 Å². The third-order valence-electron chi connectivity index (χ3n) is 4.02. The van der Waals surface area contributed by atoms with E-state index in [4.69, 9.17) is 15.7 Å². The summed E-state index contributed by atoms with van der Waals surface area (Å²) in [6.45, 7) is 2.54. The minimum absolute atomic E-state index is 0. The van der Waals surface area contributed by atoms with E-state index in [1.54, 1.807) is 5.48 Å². The molecule has 0 saturated heterocycles. The first-order valence-electron chi connectivity index (χ1n) is 8.03. The van der Waals surface area contributed by atoms with Gasteiger partial charge in [-0.1, -0.05) is 6.07 Å². The topological polar surface area (TPSA) is 101 Å². The lowest BCUT2D eigenvalue weighted by atomic mass is 10.2. The third kappa shape index (κ3) is 5.54. The first-order valence-corrected chi connectivity index (χ1v) is 8.03. The van der Waals surface area contributed by atoms with Crippen molar-refractivity contribution in [1.29, 1.82) is 0 Å². The van der Waals surface area contributed by atoms with Crippen LogP contribution in [-0.4, -0.2) is 21.9 Å². The molecule has 0 aliphatic rings. The Hall–Kier alpha value is -2.43. The molecule has 0 amide bonds. The molecule has 2 aromatic heterocycles. The van der Waals surface area contributed by atoms with Crippen LogP contribution in [0.25, 0.3) is 5.65 Å². The van der Waals surface area contributed by atoms with Crippen LogP contribution in [-0.2, 0) is 13.7 Å². The van der Waals surface area contributed by atoms with Gasteiger partial charge in [0.25, 0.3) is 5.65 Å². The lowest BCUT2D eigenvalue weighted by Crippen LogP contribution is -3.00. The molecular weight excluding hydrogens is 492 g/mol. The van der Waals surface area contributed by atoms with E-state index in [2.05, 4.69) is 44.4 Å². The fourth-order valence-electron chi connectivity index (χ4n) is 2.56. The molecule has 0 radical (unpaired) electrons. The van der Waals surface area contributed by atoms with E-state index in [1.165, 1.54) is 11.9 Å². The second kappa shape index (κ2) is 10.8. The summed E-state index contributed by atoms with van der Waals surface area (Å²) in [4.78, 5) is 0. The van der Waals surface area contributed by atoms with Gasteiger partial charge in [0, 0.05) is 6.07 Å². The number of hydroxylamine groups is 1. The maximum absolute atomic E-state index is 8.50. The van der Waals surface area contributed by atoms with Gasteiger partial charge in [-0.3, -0.25) is 5.21 Å². The van der Waals surface area contributed by atoms with Gasteiger partial charge >= 0.3 is 0 Å². The van der Waals surface area contributed by atoms with E-state index in [9.17, 15) is 0 Å². The summed E-state index contributed by atoms with van der Waals surface area (Å²) in [5.41, 5.74) is 11.2. The minimum Gasteiger partial charge on any atom is -1.00 e. The normalized spacial score (nSPS) is 11.2. The molecule has 28 heavy (non-hydrogen) atoms. The van der Waals surface area contributed by atoms with Crippen molar-refractivity contribution in [3.63, 3.8) is 0 Å². The van der Waals surface area contributed by atoms with Crippen LogP contribution in [0, 0.1) is 6.92 Å². The van der Waals surface area contributed by atoms with Gasteiger partial charge in [0.15, 0.2) is 12.3 Å². The minimum atomic E-state index is -0.177. The molecule has 1 aromatic carbocycles. The number of imidazole rings is 1. The number of nitrogens with zero attached hydrogens (tertiary/aromatic N) is 4. The molecular formula is C18H22Br2N6O2. The maximum Gasteiger partial charge on any atom is 0.286 e. The van der Waals surface area contributed by atoms with E-state index in [0.717, 1.165) is 22.7 Å². The molecule has 150 valence electrons. The Morgan fingerprint density at radius 1 is 1.29 bits per heavy atom. The van der Waals surface area contributed by atoms with E-state index < -0.39 is 0 Å². The Balaban J connectivity index is 0.00000196. The fourth-order valence-corrected chi connectivity index (χ4v) is 2.56. The largest absolute Gasteiger partial charge is 1.00 e. The smallest absolute Gasteiger partial charge is 0.286 e. The Morgan fingerprint density at radius 2 is 2.00 bits per heavy atom. The number of aryl methyl sites for hydroxylation is 2. The van der Waals surface area contributed by atoms with Gasteiger partial charge < -0.3 is 27.5 Å². The number of nitrogens with one attached hydrogen (secondary N) is 1. The molecule has 0 spiro atoms. The van der Waals surface area contributed by atoms with Crippen molar-refractivity contribution in [2.24, 2.45) is 23.0 Å². The number of rotatable bonds is 5. The van der Waals surface area contributed by atoms with Crippen LogP contribution in [0.4, 0.5) is 0 Å². The highest BCUT2D eigenvalue weighted by Crippen LogP contribution is 2.14. The zero-order chi connectivity index (χ0) is 18.5. The number of benzene rings is 1. The van der Waals surface area contributed by atoms with Crippen molar-refractivity contribution < 1.29 is 31.3 Å². The number of ether oxygens (including phenoxy) is 1.